The molecular formula is C26H34F3N3O4S2. The minimum absolute atomic E-state index is 0.145. The van der Waals surface area contributed by atoms with Gasteiger partial charge >= 0.3 is 6.18 Å². The Labute approximate surface area is 227 Å². The molecule has 4 rings (SSSR count). The van der Waals surface area contributed by atoms with Crippen molar-refractivity contribution in [1.82, 2.24) is 9.21 Å². The number of rotatable bonds is 7. The summed E-state index contributed by atoms with van der Waals surface area (Å²) in [5, 5.41) is 10.1. The second-order valence-electron chi connectivity index (χ2n) is 9.93. The highest BCUT2D eigenvalue weighted by molar-refractivity contribution is 7.90. The van der Waals surface area contributed by atoms with Crippen LogP contribution in [0.15, 0.2) is 58.3 Å². The van der Waals surface area contributed by atoms with Gasteiger partial charge in [0.25, 0.3) is 0 Å². The number of aliphatic hydroxyl groups is 1. The molecule has 2 aromatic rings. The summed E-state index contributed by atoms with van der Waals surface area (Å²) < 4.78 is 74.2. The molecule has 0 saturated carbocycles. The van der Waals surface area contributed by atoms with E-state index in [0.29, 0.717) is 43.4 Å². The number of thiol groups is 1. The van der Waals surface area contributed by atoms with E-state index in [1.807, 2.05) is 4.90 Å². The Bertz CT molecular complexity index is 1210. The molecule has 38 heavy (non-hydrogen) atoms. The highest BCUT2D eigenvalue weighted by atomic mass is 32.2. The summed E-state index contributed by atoms with van der Waals surface area (Å²) in [6.45, 7) is 6.05. The molecule has 12 heteroatoms. The van der Waals surface area contributed by atoms with Crippen LogP contribution in [-0.2, 0) is 20.4 Å². The average Bonchev–Trinajstić information content (AvgIpc) is 2.88. The van der Waals surface area contributed by atoms with Crippen molar-refractivity contribution in [3.63, 3.8) is 0 Å². The van der Waals surface area contributed by atoms with Crippen molar-refractivity contribution < 1.29 is 31.4 Å². The van der Waals surface area contributed by atoms with Gasteiger partial charge in [-0.1, -0.05) is 31.2 Å². The normalized spacial score (nSPS) is 23.8. The van der Waals surface area contributed by atoms with Crippen LogP contribution in [0.1, 0.15) is 25.8 Å². The summed E-state index contributed by atoms with van der Waals surface area (Å²) in [4.78, 5) is 4.87. The molecule has 0 bridgehead atoms. The van der Waals surface area contributed by atoms with E-state index >= 15 is 0 Å². The van der Waals surface area contributed by atoms with E-state index in [0.717, 1.165) is 13.3 Å². The van der Waals surface area contributed by atoms with Gasteiger partial charge in [0.05, 0.1) is 24.2 Å². The molecule has 1 N–H and O–H groups in total. The molecule has 2 aliphatic rings. The zero-order valence-electron chi connectivity index (χ0n) is 21.4. The molecular weight excluding hydrogens is 539 g/mol. The second-order valence-corrected chi connectivity index (χ2v) is 12.3. The monoisotopic (exact) mass is 573 g/mol. The number of hydrogen-bond donors (Lipinski definition) is 2. The number of sulfonamides is 1. The van der Waals surface area contributed by atoms with Crippen molar-refractivity contribution in [1.29, 1.82) is 0 Å². The Morgan fingerprint density at radius 1 is 1.05 bits per heavy atom. The van der Waals surface area contributed by atoms with Crippen molar-refractivity contribution in [2.75, 3.05) is 50.8 Å². The Balaban J connectivity index is 1.63. The van der Waals surface area contributed by atoms with Gasteiger partial charge in [0.15, 0.2) is 5.60 Å². The van der Waals surface area contributed by atoms with Crippen molar-refractivity contribution in [3.05, 3.63) is 54.1 Å². The molecule has 2 fully saturated rings. The van der Waals surface area contributed by atoms with E-state index in [2.05, 4.69) is 24.5 Å². The van der Waals surface area contributed by atoms with E-state index < -0.39 is 21.8 Å². The van der Waals surface area contributed by atoms with Crippen molar-refractivity contribution >= 4 is 28.3 Å². The van der Waals surface area contributed by atoms with Gasteiger partial charge in [0, 0.05) is 49.3 Å². The molecule has 210 valence electrons. The van der Waals surface area contributed by atoms with E-state index in [1.54, 1.807) is 36.4 Å². The fourth-order valence-electron chi connectivity index (χ4n) is 5.07. The third kappa shape index (κ3) is 5.85. The first-order valence-electron chi connectivity index (χ1n) is 12.6. The lowest BCUT2D eigenvalue weighted by Crippen LogP contribution is -2.60. The highest BCUT2D eigenvalue weighted by Crippen LogP contribution is 2.39. The van der Waals surface area contributed by atoms with Crippen LogP contribution in [0.2, 0.25) is 0 Å². The lowest BCUT2D eigenvalue weighted by atomic mass is 9.95. The number of anilines is 1. The topological polar surface area (TPSA) is 73.3 Å². The fraction of sp³-hybridized carbons (Fsp3) is 0.538. The molecule has 2 heterocycles. The van der Waals surface area contributed by atoms with Crippen LogP contribution in [-0.4, -0.2) is 86.9 Å². The SMILES string of the molecule is CC[C@H]1COCCN1C[C@H]1CN(S(=O)(=O)c2ccccc2S)CCN1c1ccc([C@](C)(O)C(F)(F)F)cc1. The number of piperazine rings is 1. The Morgan fingerprint density at radius 3 is 2.37 bits per heavy atom. The average molecular weight is 574 g/mol. The van der Waals surface area contributed by atoms with Crippen LogP contribution in [0.25, 0.3) is 0 Å². The molecule has 2 saturated heterocycles. The Hall–Kier alpha value is -1.83. The minimum atomic E-state index is -4.81. The summed E-state index contributed by atoms with van der Waals surface area (Å²) in [5.74, 6) is 0. The Kier molecular flexibility index (Phi) is 8.70. The molecule has 7 nitrogen and oxygen atoms in total. The van der Waals surface area contributed by atoms with Crippen molar-refractivity contribution in [2.24, 2.45) is 0 Å². The van der Waals surface area contributed by atoms with Crippen molar-refractivity contribution in [3.8, 4) is 0 Å². The molecule has 3 atom stereocenters. The standard InChI is InChI=1S/C26H34F3N3O4S2/c1-3-20-18-36-15-14-30(20)16-22-17-31(38(34,35)24-7-5-4-6-23(24)37)12-13-32(22)21-10-8-19(9-11-21)25(2,33)26(27,28)29/h4-11,20,22,33,37H,3,12-18H2,1-2H3/t20-,22-,25-/m0/s1. The van der Waals surface area contributed by atoms with Gasteiger partial charge in [-0.15, -0.1) is 12.6 Å². The van der Waals surface area contributed by atoms with E-state index in [9.17, 15) is 26.7 Å². The van der Waals surface area contributed by atoms with Gasteiger partial charge in [-0.25, -0.2) is 8.42 Å². The lowest BCUT2D eigenvalue weighted by molar-refractivity contribution is -0.258. The number of hydrogen-bond acceptors (Lipinski definition) is 7. The minimum Gasteiger partial charge on any atom is -0.378 e. The molecule has 0 radical (unpaired) electrons. The molecule has 0 spiro atoms. The molecule has 0 amide bonds. The molecule has 2 aliphatic heterocycles. The first-order valence-corrected chi connectivity index (χ1v) is 14.5. The number of ether oxygens (including phenoxy) is 1. The van der Waals surface area contributed by atoms with Gasteiger partial charge in [-0.3, -0.25) is 4.90 Å². The third-order valence-corrected chi connectivity index (χ3v) is 9.97. The maximum absolute atomic E-state index is 13.5. The summed E-state index contributed by atoms with van der Waals surface area (Å²) in [6, 6.07) is 12.2. The first-order chi connectivity index (χ1) is 17.9. The maximum Gasteiger partial charge on any atom is 0.421 e. The van der Waals surface area contributed by atoms with Gasteiger partial charge in [-0.2, -0.15) is 17.5 Å². The number of alkyl halides is 3. The van der Waals surface area contributed by atoms with Gasteiger partial charge in [-0.05, 0) is 43.2 Å². The zero-order chi connectivity index (χ0) is 27.7. The van der Waals surface area contributed by atoms with E-state index in [1.165, 1.54) is 16.4 Å². The van der Waals surface area contributed by atoms with E-state index in [-0.39, 0.29) is 35.6 Å². The largest absolute Gasteiger partial charge is 0.421 e. The van der Waals surface area contributed by atoms with Gasteiger partial charge < -0.3 is 14.7 Å². The van der Waals surface area contributed by atoms with Crippen LogP contribution >= 0.6 is 12.6 Å². The van der Waals surface area contributed by atoms with Gasteiger partial charge in [0.1, 0.15) is 0 Å². The predicted octanol–water partition coefficient (Wildman–Crippen LogP) is 3.74. The fourth-order valence-corrected chi connectivity index (χ4v) is 7.13. The lowest BCUT2D eigenvalue weighted by Gasteiger charge is -2.46. The predicted molar refractivity (Wildman–Crippen MR) is 142 cm³/mol. The highest BCUT2D eigenvalue weighted by Gasteiger charge is 2.51. The summed E-state index contributed by atoms with van der Waals surface area (Å²) >= 11 is 4.35. The van der Waals surface area contributed by atoms with Crippen molar-refractivity contribution in [2.45, 2.75) is 53.9 Å². The van der Waals surface area contributed by atoms with Crippen LogP contribution < -0.4 is 4.90 Å². The second kappa shape index (κ2) is 11.3. The van der Waals surface area contributed by atoms with E-state index in [4.69, 9.17) is 4.74 Å². The van der Waals surface area contributed by atoms with Crippen LogP contribution in [0.5, 0.6) is 0 Å². The third-order valence-electron chi connectivity index (χ3n) is 7.51. The summed E-state index contributed by atoms with van der Waals surface area (Å²) in [5.41, 5.74) is -2.55. The maximum atomic E-state index is 13.5. The van der Waals surface area contributed by atoms with Crippen LogP contribution in [0.4, 0.5) is 18.9 Å². The number of benzene rings is 2. The number of morpholine rings is 1. The number of nitrogens with zero attached hydrogens (tertiary/aromatic N) is 3. The molecule has 2 aromatic carbocycles. The summed E-state index contributed by atoms with van der Waals surface area (Å²) in [7, 11) is -3.80. The molecule has 0 unspecified atom stereocenters. The molecule has 0 aromatic heterocycles. The number of halogens is 3. The quantitative estimate of drug-likeness (QED) is 0.492. The zero-order valence-corrected chi connectivity index (χ0v) is 23.1. The Morgan fingerprint density at radius 2 is 1.74 bits per heavy atom. The van der Waals surface area contributed by atoms with Crippen LogP contribution in [0, 0.1) is 0 Å². The molecule has 0 aliphatic carbocycles. The van der Waals surface area contributed by atoms with Crippen LogP contribution in [0.3, 0.4) is 0 Å². The van der Waals surface area contributed by atoms with Gasteiger partial charge in [0.2, 0.25) is 10.0 Å². The smallest absolute Gasteiger partial charge is 0.378 e. The first kappa shape index (κ1) is 29.2. The summed E-state index contributed by atoms with van der Waals surface area (Å²) in [6.07, 6.45) is -3.94.